The van der Waals surface area contributed by atoms with Gasteiger partial charge in [0.15, 0.2) is 0 Å². The molecule has 2 aliphatic rings. The van der Waals surface area contributed by atoms with Crippen LogP contribution < -0.4 is 5.73 Å². The highest BCUT2D eigenvalue weighted by Crippen LogP contribution is 2.45. The predicted octanol–water partition coefficient (Wildman–Crippen LogP) is 1.58. The quantitative estimate of drug-likeness (QED) is 0.825. The van der Waals surface area contributed by atoms with Crippen molar-refractivity contribution in [1.82, 2.24) is 4.90 Å². The summed E-state index contributed by atoms with van der Waals surface area (Å²) in [6.45, 7) is 0. The second kappa shape index (κ2) is 5.60. The molecule has 0 spiro atoms. The molecule has 3 N–H and O–H groups in total. The molecule has 0 aromatic heterocycles. The lowest BCUT2D eigenvalue weighted by Gasteiger charge is -2.27. The molecule has 1 amide bonds. The lowest BCUT2D eigenvalue weighted by molar-refractivity contribution is -0.149. The molecule has 5 nitrogen and oxygen atoms in total. The molecule has 1 saturated heterocycles. The average Bonchev–Trinajstić information content (AvgIpc) is 3.16. The van der Waals surface area contributed by atoms with Gasteiger partial charge in [-0.05, 0) is 36.5 Å². The number of thioether (sulfide) groups is 1. The van der Waals surface area contributed by atoms with Crippen molar-refractivity contribution in [3.05, 3.63) is 29.8 Å². The minimum absolute atomic E-state index is 0.0275. The molecule has 2 atom stereocenters. The maximum absolute atomic E-state index is 12.6. The normalized spacial score (nSPS) is 25.0. The maximum atomic E-state index is 12.6. The first-order chi connectivity index (χ1) is 10.1. The number of carboxylic acids is 1. The Kier molecular flexibility index (Phi) is 3.80. The van der Waals surface area contributed by atoms with Crippen LogP contribution >= 0.6 is 11.8 Å². The lowest BCUT2D eigenvalue weighted by atomic mass is 10.1. The van der Waals surface area contributed by atoms with Crippen molar-refractivity contribution in [2.75, 3.05) is 11.5 Å². The topological polar surface area (TPSA) is 83.6 Å². The molecule has 1 heterocycles. The number of hydrogen-bond donors (Lipinski definition) is 2. The third-order valence-electron chi connectivity index (χ3n) is 3.94. The van der Waals surface area contributed by atoms with Crippen molar-refractivity contribution >= 4 is 29.3 Å². The summed E-state index contributed by atoms with van der Waals surface area (Å²) in [4.78, 5) is 25.6. The highest BCUT2D eigenvalue weighted by atomic mass is 32.2. The van der Waals surface area contributed by atoms with Crippen LogP contribution in [0.4, 0.5) is 5.69 Å². The second-order valence-corrected chi connectivity index (χ2v) is 6.79. The molecular formula is C15H18N2O3S. The molecular weight excluding hydrogens is 288 g/mol. The maximum Gasteiger partial charge on any atom is 0.327 e. The van der Waals surface area contributed by atoms with Gasteiger partial charge in [-0.3, -0.25) is 4.79 Å². The number of amides is 1. The SMILES string of the molecule is Nc1cccc(CC(=O)N2C(C(=O)O)CSC2C2CC2)c1. The van der Waals surface area contributed by atoms with E-state index >= 15 is 0 Å². The molecule has 112 valence electrons. The first-order valence-electron chi connectivity index (χ1n) is 7.06. The molecule has 2 unspecified atom stereocenters. The zero-order chi connectivity index (χ0) is 15.0. The van der Waals surface area contributed by atoms with Gasteiger partial charge in [-0.1, -0.05) is 12.1 Å². The molecule has 1 aliphatic heterocycles. The van der Waals surface area contributed by atoms with E-state index in [1.165, 1.54) is 0 Å². The van der Waals surface area contributed by atoms with Crippen LogP contribution in [0.5, 0.6) is 0 Å². The van der Waals surface area contributed by atoms with Crippen LogP contribution in [0.3, 0.4) is 0 Å². The monoisotopic (exact) mass is 306 g/mol. The van der Waals surface area contributed by atoms with Crippen molar-refractivity contribution in [2.45, 2.75) is 30.7 Å². The standard InChI is InChI=1S/C15H18N2O3S/c16-11-3-1-2-9(6-11)7-13(18)17-12(15(19)20)8-21-14(17)10-4-5-10/h1-3,6,10,12,14H,4-5,7-8,16H2,(H,19,20). The summed E-state index contributed by atoms with van der Waals surface area (Å²) < 4.78 is 0. The van der Waals surface area contributed by atoms with Gasteiger partial charge in [0.1, 0.15) is 6.04 Å². The Hall–Kier alpha value is -1.69. The lowest BCUT2D eigenvalue weighted by Crippen LogP contribution is -2.46. The van der Waals surface area contributed by atoms with E-state index in [0.717, 1.165) is 18.4 Å². The molecule has 0 radical (unpaired) electrons. The van der Waals surface area contributed by atoms with E-state index in [2.05, 4.69) is 0 Å². The number of carbonyl (C=O) groups excluding carboxylic acids is 1. The highest BCUT2D eigenvalue weighted by Gasteiger charge is 2.47. The fourth-order valence-corrected chi connectivity index (χ4v) is 4.40. The summed E-state index contributed by atoms with van der Waals surface area (Å²) in [5.41, 5.74) is 7.17. The van der Waals surface area contributed by atoms with E-state index in [4.69, 9.17) is 5.73 Å². The van der Waals surface area contributed by atoms with Crippen LogP contribution in [-0.4, -0.2) is 39.1 Å². The molecule has 1 saturated carbocycles. The van der Waals surface area contributed by atoms with Crippen LogP contribution in [0.15, 0.2) is 24.3 Å². The van der Waals surface area contributed by atoms with E-state index in [1.54, 1.807) is 28.8 Å². The Morgan fingerprint density at radius 1 is 1.38 bits per heavy atom. The van der Waals surface area contributed by atoms with Crippen LogP contribution in [0.1, 0.15) is 18.4 Å². The van der Waals surface area contributed by atoms with Gasteiger partial charge in [-0.2, -0.15) is 0 Å². The number of nitrogen functional groups attached to an aromatic ring is 1. The van der Waals surface area contributed by atoms with Crippen molar-refractivity contribution in [3.63, 3.8) is 0 Å². The summed E-state index contributed by atoms with van der Waals surface area (Å²) in [6.07, 6.45) is 2.39. The summed E-state index contributed by atoms with van der Waals surface area (Å²) >= 11 is 1.60. The predicted molar refractivity (Wildman–Crippen MR) is 81.8 cm³/mol. The van der Waals surface area contributed by atoms with Crippen LogP contribution in [0.2, 0.25) is 0 Å². The van der Waals surface area contributed by atoms with Crippen LogP contribution in [0, 0.1) is 5.92 Å². The number of nitrogens with zero attached hydrogens (tertiary/aromatic N) is 1. The van der Waals surface area contributed by atoms with Crippen molar-refractivity contribution in [1.29, 1.82) is 0 Å². The Balaban J connectivity index is 1.77. The third-order valence-corrected chi connectivity index (χ3v) is 5.40. The zero-order valence-corrected chi connectivity index (χ0v) is 12.4. The third kappa shape index (κ3) is 3.00. The van der Waals surface area contributed by atoms with Gasteiger partial charge in [0.2, 0.25) is 5.91 Å². The number of aliphatic carboxylic acids is 1. The van der Waals surface area contributed by atoms with Gasteiger partial charge in [0.05, 0.1) is 11.8 Å². The van der Waals surface area contributed by atoms with E-state index in [0.29, 0.717) is 17.4 Å². The first-order valence-corrected chi connectivity index (χ1v) is 8.11. The average molecular weight is 306 g/mol. The van der Waals surface area contributed by atoms with Crippen molar-refractivity contribution in [3.8, 4) is 0 Å². The van der Waals surface area contributed by atoms with Crippen LogP contribution in [-0.2, 0) is 16.0 Å². The van der Waals surface area contributed by atoms with Gasteiger partial charge in [0, 0.05) is 11.4 Å². The number of carbonyl (C=O) groups is 2. The number of anilines is 1. The number of nitrogens with two attached hydrogens (primary N) is 1. The highest BCUT2D eigenvalue weighted by molar-refractivity contribution is 8.00. The number of benzene rings is 1. The minimum Gasteiger partial charge on any atom is -0.480 e. The first kappa shape index (κ1) is 14.3. The van der Waals surface area contributed by atoms with Crippen molar-refractivity contribution in [2.24, 2.45) is 5.92 Å². The number of hydrogen-bond acceptors (Lipinski definition) is 4. The molecule has 1 aromatic rings. The number of carboxylic acid groups (broad SMARTS) is 1. The summed E-state index contributed by atoms with van der Waals surface area (Å²) in [7, 11) is 0. The molecule has 2 fully saturated rings. The molecule has 6 heteroatoms. The van der Waals surface area contributed by atoms with Gasteiger partial charge >= 0.3 is 5.97 Å². The summed E-state index contributed by atoms with van der Waals surface area (Å²) in [5, 5.41) is 9.36. The Morgan fingerprint density at radius 3 is 2.76 bits per heavy atom. The van der Waals surface area contributed by atoms with Crippen molar-refractivity contribution < 1.29 is 14.7 Å². The summed E-state index contributed by atoms with van der Waals surface area (Å²) in [5.74, 6) is -0.0790. The molecule has 1 aliphatic carbocycles. The smallest absolute Gasteiger partial charge is 0.327 e. The van der Waals surface area contributed by atoms with Gasteiger partial charge in [-0.25, -0.2) is 4.79 Å². The fourth-order valence-electron chi connectivity index (χ4n) is 2.75. The Labute approximate surface area is 127 Å². The molecule has 0 bridgehead atoms. The second-order valence-electron chi connectivity index (χ2n) is 5.64. The van der Waals surface area contributed by atoms with E-state index in [-0.39, 0.29) is 17.7 Å². The van der Waals surface area contributed by atoms with Gasteiger partial charge in [0.25, 0.3) is 0 Å². The van der Waals surface area contributed by atoms with Gasteiger partial charge in [-0.15, -0.1) is 11.8 Å². The molecule has 1 aromatic carbocycles. The van der Waals surface area contributed by atoms with E-state index < -0.39 is 12.0 Å². The fraction of sp³-hybridized carbons (Fsp3) is 0.467. The largest absolute Gasteiger partial charge is 0.480 e. The Bertz CT molecular complexity index is 574. The summed E-state index contributed by atoms with van der Waals surface area (Å²) in [6, 6.07) is 6.49. The van der Waals surface area contributed by atoms with Gasteiger partial charge < -0.3 is 15.7 Å². The van der Waals surface area contributed by atoms with Crippen LogP contribution in [0.25, 0.3) is 0 Å². The van der Waals surface area contributed by atoms with E-state index in [1.807, 2.05) is 12.1 Å². The minimum atomic E-state index is -0.911. The number of rotatable bonds is 4. The molecule has 3 rings (SSSR count). The Morgan fingerprint density at radius 2 is 2.14 bits per heavy atom. The zero-order valence-electron chi connectivity index (χ0n) is 11.6. The van der Waals surface area contributed by atoms with E-state index in [9.17, 15) is 14.7 Å². The molecule has 21 heavy (non-hydrogen) atoms.